The summed E-state index contributed by atoms with van der Waals surface area (Å²) in [5, 5.41) is 3.84. The molecule has 1 saturated heterocycles. The first-order valence-electron chi connectivity index (χ1n) is 9.37. The minimum Gasteiger partial charge on any atom is -0.450 e. The quantitative estimate of drug-likeness (QED) is 0.804. The van der Waals surface area contributed by atoms with Gasteiger partial charge >= 0.3 is 6.09 Å². The van der Waals surface area contributed by atoms with Gasteiger partial charge in [0.05, 0.1) is 6.61 Å². The molecule has 0 aliphatic carbocycles. The molecule has 0 bridgehead atoms. The molecule has 1 unspecified atom stereocenters. The van der Waals surface area contributed by atoms with E-state index in [1.54, 1.807) is 11.8 Å². The molecule has 0 spiro atoms. The molecule has 1 N–H and O–H groups in total. The van der Waals surface area contributed by atoms with Gasteiger partial charge in [0.1, 0.15) is 0 Å². The average Bonchev–Trinajstić information content (AvgIpc) is 2.61. The summed E-state index contributed by atoms with van der Waals surface area (Å²) in [6.45, 7) is 7.69. The summed E-state index contributed by atoms with van der Waals surface area (Å²) < 4.78 is 5.02. The summed E-state index contributed by atoms with van der Waals surface area (Å²) in [7, 11) is 0. The number of amides is 2. The number of nitrogens with zero attached hydrogens (tertiary/aromatic N) is 1. The second-order valence-electron chi connectivity index (χ2n) is 7.13. The zero-order chi connectivity index (χ0) is 19.1. The van der Waals surface area contributed by atoms with Crippen molar-refractivity contribution in [1.82, 2.24) is 10.2 Å². The van der Waals surface area contributed by atoms with Crippen molar-refractivity contribution in [1.29, 1.82) is 0 Å². The summed E-state index contributed by atoms with van der Waals surface area (Å²) in [6, 6.07) is 7.85. The first kappa shape index (κ1) is 20.6. The number of likely N-dealkylation sites (tertiary alicyclic amines) is 1. The monoisotopic (exact) mass is 380 g/mol. The summed E-state index contributed by atoms with van der Waals surface area (Å²) in [4.78, 5) is 26.0. The molecule has 6 heteroatoms. The highest BCUT2D eigenvalue weighted by molar-refractivity contribution is 6.30. The highest BCUT2D eigenvalue weighted by Crippen LogP contribution is 2.29. The Labute approximate surface area is 161 Å². The molecule has 0 aromatic heterocycles. The van der Waals surface area contributed by atoms with Crippen LogP contribution < -0.4 is 5.32 Å². The minimum atomic E-state index is -0.264. The van der Waals surface area contributed by atoms with Crippen molar-refractivity contribution in [3.63, 3.8) is 0 Å². The van der Waals surface area contributed by atoms with Gasteiger partial charge in [-0.3, -0.25) is 4.79 Å². The first-order chi connectivity index (χ1) is 12.4. The number of halogens is 1. The SMILES string of the molecule is CCOC(=O)N1CCC(NC(=O)CC(c2ccc(Cl)cc2)C(C)C)CC1. The number of ether oxygens (including phenoxy) is 1. The number of carbonyl (C=O) groups is 2. The van der Waals surface area contributed by atoms with Crippen LogP contribution in [0.25, 0.3) is 0 Å². The maximum atomic E-state index is 12.5. The fraction of sp³-hybridized carbons (Fsp3) is 0.600. The molecule has 1 aromatic carbocycles. The van der Waals surface area contributed by atoms with Crippen molar-refractivity contribution in [3.05, 3.63) is 34.9 Å². The Balaban J connectivity index is 1.85. The van der Waals surface area contributed by atoms with Crippen molar-refractivity contribution in [3.8, 4) is 0 Å². The fourth-order valence-corrected chi connectivity index (χ4v) is 3.48. The molecule has 144 valence electrons. The number of carbonyl (C=O) groups excluding carboxylic acids is 2. The molecule has 0 radical (unpaired) electrons. The Morgan fingerprint density at radius 1 is 1.23 bits per heavy atom. The molecule has 1 aliphatic rings. The summed E-state index contributed by atoms with van der Waals surface area (Å²) in [5.41, 5.74) is 1.14. The third-order valence-corrected chi connectivity index (χ3v) is 5.15. The number of benzene rings is 1. The molecule has 26 heavy (non-hydrogen) atoms. The largest absolute Gasteiger partial charge is 0.450 e. The molecule has 1 heterocycles. The second-order valence-corrected chi connectivity index (χ2v) is 7.57. The maximum absolute atomic E-state index is 12.5. The van der Waals surface area contributed by atoms with E-state index in [9.17, 15) is 9.59 Å². The van der Waals surface area contributed by atoms with E-state index in [0.717, 1.165) is 18.4 Å². The summed E-state index contributed by atoms with van der Waals surface area (Å²) in [6.07, 6.45) is 1.72. The third kappa shape index (κ3) is 5.90. The molecule has 2 rings (SSSR count). The zero-order valence-corrected chi connectivity index (χ0v) is 16.6. The third-order valence-electron chi connectivity index (χ3n) is 4.89. The highest BCUT2D eigenvalue weighted by atomic mass is 35.5. The highest BCUT2D eigenvalue weighted by Gasteiger charge is 2.26. The van der Waals surface area contributed by atoms with Gasteiger partial charge in [-0.05, 0) is 49.3 Å². The summed E-state index contributed by atoms with van der Waals surface area (Å²) >= 11 is 5.97. The number of piperidine rings is 1. The van der Waals surface area contributed by atoms with Gasteiger partial charge in [0.2, 0.25) is 5.91 Å². The van der Waals surface area contributed by atoms with Crippen molar-refractivity contribution in [2.45, 2.75) is 52.0 Å². The lowest BCUT2D eigenvalue weighted by Gasteiger charge is -2.32. The van der Waals surface area contributed by atoms with Crippen molar-refractivity contribution >= 4 is 23.6 Å². The topological polar surface area (TPSA) is 58.6 Å². The van der Waals surface area contributed by atoms with E-state index in [4.69, 9.17) is 16.3 Å². The van der Waals surface area contributed by atoms with E-state index in [0.29, 0.717) is 37.1 Å². The van der Waals surface area contributed by atoms with Gasteiger partial charge in [-0.1, -0.05) is 37.6 Å². The van der Waals surface area contributed by atoms with E-state index < -0.39 is 0 Å². The Kier molecular flexibility index (Phi) is 7.76. The smallest absolute Gasteiger partial charge is 0.409 e. The standard InChI is InChI=1S/C20H29ClN2O3/c1-4-26-20(25)23-11-9-17(10-12-23)22-19(24)13-18(14(2)3)15-5-7-16(21)8-6-15/h5-8,14,17-18H,4,9-13H2,1-3H3,(H,22,24). The first-order valence-corrected chi connectivity index (χ1v) is 9.75. The van der Waals surface area contributed by atoms with Gasteiger partial charge in [0.15, 0.2) is 0 Å². The summed E-state index contributed by atoms with van der Waals surface area (Å²) in [5.74, 6) is 0.577. The van der Waals surface area contributed by atoms with Crippen LogP contribution in [-0.2, 0) is 9.53 Å². The molecule has 1 atom stereocenters. The van der Waals surface area contributed by atoms with Crippen LogP contribution in [0.4, 0.5) is 4.79 Å². The van der Waals surface area contributed by atoms with E-state index >= 15 is 0 Å². The molecular weight excluding hydrogens is 352 g/mol. The minimum absolute atomic E-state index is 0.0632. The van der Waals surface area contributed by atoms with Crippen molar-refractivity contribution < 1.29 is 14.3 Å². The molecule has 1 fully saturated rings. The van der Waals surface area contributed by atoms with Crippen LogP contribution in [0.3, 0.4) is 0 Å². The van der Waals surface area contributed by atoms with E-state index in [-0.39, 0.29) is 24.0 Å². The van der Waals surface area contributed by atoms with Gasteiger partial charge in [-0.25, -0.2) is 4.79 Å². The zero-order valence-electron chi connectivity index (χ0n) is 15.8. The van der Waals surface area contributed by atoms with Crippen LogP contribution >= 0.6 is 11.6 Å². The van der Waals surface area contributed by atoms with Crippen LogP contribution in [0.2, 0.25) is 5.02 Å². The number of hydrogen-bond acceptors (Lipinski definition) is 3. The number of hydrogen-bond donors (Lipinski definition) is 1. The molecule has 1 aliphatic heterocycles. The predicted molar refractivity (Wildman–Crippen MR) is 103 cm³/mol. The molecule has 1 aromatic rings. The fourth-order valence-electron chi connectivity index (χ4n) is 3.36. The van der Waals surface area contributed by atoms with Gasteiger partial charge in [-0.15, -0.1) is 0 Å². The molecule has 5 nitrogen and oxygen atoms in total. The number of nitrogens with one attached hydrogen (secondary N) is 1. The van der Waals surface area contributed by atoms with Crippen molar-refractivity contribution in [2.24, 2.45) is 5.92 Å². The maximum Gasteiger partial charge on any atom is 0.409 e. The van der Waals surface area contributed by atoms with Gasteiger partial charge in [0, 0.05) is 30.6 Å². The molecular formula is C20H29ClN2O3. The Bertz CT molecular complexity index is 596. The lowest BCUT2D eigenvalue weighted by Crippen LogP contribution is -2.47. The lowest BCUT2D eigenvalue weighted by atomic mass is 9.85. The lowest BCUT2D eigenvalue weighted by molar-refractivity contribution is -0.122. The van der Waals surface area contributed by atoms with Gasteiger partial charge in [-0.2, -0.15) is 0 Å². The molecule has 0 saturated carbocycles. The van der Waals surface area contributed by atoms with Gasteiger partial charge in [0.25, 0.3) is 0 Å². The molecule has 2 amide bonds. The Morgan fingerprint density at radius 2 is 1.85 bits per heavy atom. The predicted octanol–water partition coefficient (Wildman–Crippen LogP) is 4.21. The normalized spacial score (nSPS) is 16.4. The van der Waals surface area contributed by atoms with E-state index in [1.165, 1.54) is 0 Å². The van der Waals surface area contributed by atoms with Crippen molar-refractivity contribution in [2.75, 3.05) is 19.7 Å². The number of rotatable bonds is 6. The van der Waals surface area contributed by atoms with Gasteiger partial charge < -0.3 is 15.0 Å². The average molecular weight is 381 g/mol. The van der Waals surface area contributed by atoms with Crippen LogP contribution in [0.1, 0.15) is 51.5 Å². The van der Waals surface area contributed by atoms with Crippen LogP contribution in [-0.4, -0.2) is 42.6 Å². The van der Waals surface area contributed by atoms with Crippen LogP contribution in [0.15, 0.2) is 24.3 Å². The second kappa shape index (κ2) is 9.81. The van der Waals surface area contributed by atoms with E-state index in [1.807, 2.05) is 24.3 Å². The van der Waals surface area contributed by atoms with E-state index in [2.05, 4.69) is 19.2 Å². The van der Waals surface area contributed by atoms with Crippen LogP contribution in [0, 0.1) is 5.92 Å². The Hall–Kier alpha value is -1.75. The Morgan fingerprint density at radius 3 is 2.38 bits per heavy atom. The van der Waals surface area contributed by atoms with Crippen LogP contribution in [0.5, 0.6) is 0 Å².